The van der Waals surface area contributed by atoms with Crippen LogP contribution >= 0.6 is 0 Å². The molecule has 1 aliphatic carbocycles. The molecule has 112 valence electrons. The van der Waals surface area contributed by atoms with Gasteiger partial charge in [0.15, 0.2) is 0 Å². The Hall–Kier alpha value is -1.55. The number of piperidine rings is 1. The molecule has 4 rings (SSSR count). The number of likely N-dealkylation sites (tertiary alicyclic amines) is 1. The van der Waals surface area contributed by atoms with Gasteiger partial charge in [0.2, 0.25) is 5.91 Å². The van der Waals surface area contributed by atoms with Crippen molar-refractivity contribution >= 4 is 11.6 Å². The Morgan fingerprint density at radius 1 is 1.24 bits per heavy atom. The van der Waals surface area contributed by atoms with Gasteiger partial charge >= 0.3 is 0 Å². The van der Waals surface area contributed by atoms with Gasteiger partial charge in [0.1, 0.15) is 12.4 Å². The molecule has 0 radical (unpaired) electrons. The molecule has 1 N–H and O–H groups in total. The Balaban J connectivity index is 1.47. The number of carbonyl (C=O) groups excluding carboxylic acids is 1. The van der Waals surface area contributed by atoms with Crippen LogP contribution in [0.3, 0.4) is 0 Å². The predicted octanol–water partition coefficient (Wildman–Crippen LogP) is 2.51. The number of amides is 1. The maximum Gasteiger partial charge on any atom is 0.234 e. The van der Waals surface area contributed by atoms with Crippen molar-refractivity contribution in [2.75, 3.05) is 31.6 Å². The molecule has 0 atom stereocenters. The lowest BCUT2D eigenvalue weighted by Gasteiger charge is -2.39. The molecule has 4 nitrogen and oxygen atoms in total. The maximum absolute atomic E-state index is 12.7. The standard InChI is InChI=1S/C17H22N2O2/c20-16-17(7-9-19(10-8-17)11-13-5-6-13)12-21-15-4-2-1-3-14(15)18-16/h1-4,13H,5-12H2,(H,18,20). The van der Waals surface area contributed by atoms with Crippen LogP contribution in [0.4, 0.5) is 5.69 Å². The van der Waals surface area contributed by atoms with Crippen molar-refractivity contribution in [3.8, 4) is 5.75 Å². The lowest BCUT2D eigenvalue weighted by atomic mass is 9.78. The first-order chi connectivity index (χ1) is 10.3. The lowest BCUT2D eigenvalue weighted by molar-refractivity contribution is -0.130. The van der Waals surface area contributed by atoms with Crippen LogP contribution in [-0.2, 0) is 4.79 Å². The molecule has 1 aromatic carbocycles. The highest BCUT2D eigenvalue weighted by molar-refractivity contribution is 5.97. The molecule has 0 bridgehead atoms. The van der Waals surface area contributed by atoms with Gasteiger partial charge < -0.3 is 15.0 Å². The van der Waals surface area contributed by atoms with Crippen LogP contribution in [0.15, 0.2) is 24.3 Å². The van der Waals surface area contributed by atoms with Crippen LogP contribution < -0.4 is 10.1 Å². The Morgan fingerprint density at radius 3 is 2.76 bits per heavy atom. The number of nitrogens with zero attached hydrogens (tertiary/aromatic N) is 1. The molecule has 0 aromatic heterocycles. The van der Waals surface area contributed by atoms with E-state index in [0.29, 0.717) is 6.61 Å². The van der Waals surface area contributed by atoms with E-state index in [2.05, 4.69) is 10.2 Å². The molecular formula is C17H22N2O2. The van der Waals surface area contributed by atoms with E-state index in [1.165, 1.54) is 19.4 Å². The van der Waals surface area contributed by atoms with Crippen molar-refractivity contribution < 1.29 is 9.53 Å². The van der Waals surface area contributed by atoms with Gasteiger partial charge in [-0.25, -0.2) is 0 Å². The molecule has 3 aliphatic rings. The number of fused-ring (bicyclic) bond motifs is 1. The van der Waals surface area contributed by atoms with Gasteiger partial charge in [-0.05, 0) is 56.8 Å². The van der Waals surface area contributed by atoms with Crippen molar-refractivity contribution in [2.45, 2.75) is 25.7 Å². The first-order valence-electron chi connectivity index (χ1n) is 8.01. The van der Waals surface area contributed by atoms with E-state index < -0.39 is 0 Å². The van der Waals surface area contributed by atoms with Crippen LogP contribution in [0, 0.1) is 11.3 Å². The molecule has 1 saturated heterocycles. The molecule has 1 amide bonds. The molecule has 1 saturated carbocycles. The second kappa shape index (κ2) is 5.02. The number of rotatable bonds is 2. The third kappa shape index (κ3) is 2.53. The fourth-order valence-electron chi connectivity index (χ4n) is 3.43. The van der Waals surface area contributed by atoms with E-state index in [4.69, 9.17) is 4.74 Å². The van der Waals surface area contributed by atoms with Gasteiger partial charge in [-0.15, -0.1) is 0 Å². The fraction of sp³-hybridized carbons (Fsp3) is 0.588. The average molecular weight is 286 g/mol. The van der Waals surface area contributed by atoms with Crippen LogP contribution in [0.5, 0.6) is 5.75 Å². The Bertz CT molecular complexity index is 545. The van der Waals surface area contributed by atoms with E-state index in [-0.39, 0.29) is 11.3 Å². The number of anilines is 1. The van der Waals surface area contributed by atoms with E-state index in [1.807, 2.05) is 24.3 Å². The van der Waals surface area contributed by atoms with Gasteiger partial charge in [0, 0.05) is 6.54 Å². The molecular weight excluding hydrogens is 264 g/mol. The van der Waals surface area contributed by atoms with E-state index in [9.17, 15) is 4.79 Å². The third-order valence-electron chi connectivity index (χ3n) is 5.15. The van der Waals surface area contributed by atoms with Gasteiger partial charge in [0.25, 0.3) is 0 Å². The number of carbonyl (C=O) groups is 1. The Labute approximate surface area is 125 Å². The van der Waals surface area contributed by atoms with Crippen molar-refractivity contribution in [3.63, 3.8) is 0 Å². The van der Waals surface area contributed by atoms with E-state index >= 15 is 0 Å². The highest BCUT2D eigenvalue weighted by Crippen LogP contribution is 2.39. The van der Waals surface area contributed by atoms with Gasteiger partial charge in [-0.2, -0.15) is 0 Å². The summed E-state index contributed by atoms with van der Waals surface area (Å²) < 4.78 is 5.94. The van der Waals surface area contributed by atoms with Gasteiger partial charge in [-0.3, -0.25) is 4.79 Å². The summed E-state index contributed by atoms with van der Waals surface area (Å²) in [5.41, 5.74) is 0.457. The van der Waals surface area contributed by atoms with Crippen LogP contribution in [-0.4, -0.2) is 37.0 Å². The number of para-hydroxylation sites is 2. The van der Waals surface area contributed by atoms with E-state index in [1.54, 1.807) is 0 Å². The number of ether oxygens (including phenoxy) is 1. The van der Waals surface area contributed by atoms with Crippen molar-refractivity contribution in [3.05, 3.63) is 24.3 Å². The van der Waals surface area contributed by atoms with Gasteiger partial charge in [-0.1, -0.05) is 12.1 Å². The predicted molar refractivity (Wildman–Crippen MR) is 81.4 cm³/mol. The molecule has 0 unspecified atom stereocenters. The summed E-state index contributed by atoms with van der Waals surface area (Å²) >= 11 is 0. The minimum atomic E-state index is -0.348. The number of benzene rings is 1. The number of hydrogen-bond acceptors (Lipinski definition) is 3. The van der Waals surface area contributed by atoms with Crippen LogP contribution in [0.1, 0.15) is 25.7 Å². The summed E-state index contributed by atoms with van der Waals surface area (Å²) in [4.78, 5) is 15.2. The summed E-state index contributed by atoms with van der Waals surface area (Å²) in [6.07, 6.45) is 4.58. The SMILES string of the molecule is O=C1Nc2ccccc2OCC12CCN(CC1CC1)CC2. The maximum atomic E-state index is 12.7. The highest BCUT2D eigenvalue weighted by atomic mass is 16.5. The summed E-state index contributed by atoms with van der Waals surface area (Å²) in [7, 11) is 0. The van der Waals surface area contributed by atoms with Crippen LogP contribution in [0.2, 0.25) is 0 Å². The Kier molecular flexibility index (Phi) is 3.14. The first kappa shape index (κ1) is 13.1. The summed E-state index contributed by atoms with van der Waals surface area (Å²) in [6, 6.07) is 7.71. The number of nitrogens with one attached hydrogen (secondary N) is 1. The zero-order valence-corrected chi connectivity index (χ0v) is 12.3. The van der Waals surface area contributed by atoms with E-state index in [0.717, 1.165) is 43.3 Å². The minimum Gasteiger partial charge on any atom is -0.490 e. The summed E-state index contributed by atoms with van der Waals surface area (Å²) in [6.45, 7) is 3.76. The smallest absolute Gasteiger partial charge is 0.234 e. The topological polar surface area (TPSA) is 41.6 Å². The zero-order chi connectivity index (χ0) is 14.3. The quantitative estimate of drug-likeness (QED) is 0.908. The van der Waals surface area contributed by atoms with Crippen LogP contribution in [0.25, 0.3) is 0 Å². The van der Waals surface area contributed by atoms with Gasteiger partial charge in [0.05, 0.1) is 11.1 Å². The fourth-order valence-corrected chi connectivity index (χ4v) is 3.43. The molecule has 4 heteroatoms. The zero-order valence-electron chi connectivity index (χ0n) is 12.3. The normalized spacial score (nSPS) is 24.9. The second-order valence-electron chi connectivity index (χ2n) is 6.76. The monoisotopic (exact) mass is 286 g/mol. The molecule has 2 fully saturated rings. The minimum absolute atomic E-state index is 0.138. The largest absolute Gasteiger partial charge is 0.490 e. The number of hydrogen-bond donors (Lipinski definition) is 1. The van der Waals surface area contributed by atoms with Crippen molar-refractivity contribution in [1.82, 2.24) is 4.90 Å². The average Bonchev–Trinajstić information content (AvgIpc) is 3.32. The summed E-state index contributed by atoms with van der Waals surface area (Å²) in [5.74, 6) is 1.85. The molecule has 1 spiro atoms. The highest BCUT2D eigenvalue weighted by Gasteiger charge is 2.44. The first-order valence-corrected chi connectivity index (χ1v) is 8.01. The third-order valence-corrected chi connectivity index (χ3v) is 5.15. The molecule has 1 aromatic rings. The molecule has 2 heterocycles. The molecule has 21 heavy (non-hydrogen) atoms. The summed E-state index contributed by atoms with van der Waals surface area (Å²) in [5, 5.41) is 3.07. The second-order valence-corrected chi connectivity index (χ2v) is 6.76. The van der Waals surface area contributed by atoms with Crippen molar-refractivity contribution in [2.24, 2.45) is 11.3 Å². The Morgan fingerprint density at radius 2 is 2.00 bits per heavy atom. The van der Waals surface area contributed by atoms with Crippen molar-refractivity contribution in [1.29, 1.82) is 0 Å². The lowest BCUT2D eigenvalue weighted by Crippen LogP contribution is -2.49. The molecule has 2 aliphatic heterocycles.